The smallest absolute Gasteiger partial charge is 0.203 e. The maximum Gasteiger partial charge on any atom is 0.203 e. The maximum absolute atomic E-state index is 14.4. The molecule has 7 heteroatoms. The Kier molecular flexibility index (Phi) is 6.85. The molecule has 0 saturated heterocycles. The number of hydrogen-bond acceptors (Lipinski definition) is 7. The molecule has 222 valence electrons. The summed E-state index contributed by atoms with van der Waals surface area (Å²) in [5.41, 5.74) is -2.21. The Morgan fingerprint density at radius 1 is 0.976 bits per heavy atom. The number of phenols is 1. The molecule has 3 aliphatic carbocycles. The van der Waals surface area contributed by atoms with Crippen LogP contribution >= 0.6 is 0 Å². The number of carbonyl (C=O) groups excluding carboxylic acids is 3. The monoisotopic (exact) mass is 572 g/mol. The normalized spacial score (nSPS) is 29.1. The van der Waals surface area contributed by atoms with E-state index in [2.05, 4.69) is 26.0 Å². The molecule has 5 rings (SSSR count). The molecule has 1 saturated carbocycles. The van der Waals surface area contributed by atoms with Crippen molar-refractivity contribution in [2.45, 2.75) is 73.3 Å². The number of phenolic OH excluding ortho intramolecular Hbond substituents is 1. The molecule has 42 heavy (non-hydrogen) atoms. The van der Waals surface area contributed by atoms with Crippen molar-refractivity contribution < 1.29 is 34.8 Å². The number of rotatable bonds is 5. The van der Waals surface area contributed by atoms with Crippen LogP contribution in [0.1, 0.15) is 71.6 Å². The molecule has 3 aliphatic rings. The molecule has 1 unspecified atom stereocenters. The number of fused-ring (bicyclic) bond motifs is 3. The van der Waals surface area contributed by atoms with Crippen LogP contribution in [-0.2, 0) is 27.2 Å². The van der Waals surface area contributed by atoms with Gasteiger partial charge in [-0.3, -0.25) is 14.4 Å². The zero-order valence-electron chi connectivity index (χ0n) is 25.3. The SMILES string of the molecule is CC(=O)C1=C(O)[C@]2(O)C(=O)C3=C(O)c4c(O)ccc(-c5ccc(CC(C)C)cc5)c4C[C@]3(C)C[C@]2(C)C(C(C)C)C1=O. The van der Waals surface area contributed by atoms with Crippen molar-refractivity contribution in [3.05, 3.63) is 70.0 Å². The second kappa shape index (κ2) is 9.66. The highest BCUT2D eigenvalue weighted by molar-refractivity contribution is 6.24. The largest absolute Gasteiger partial charge is 0.508 e. The number of aromatic hydroxyl groups is 1. The number of Topliss-reactive ketones (excluding diaryl/α,β-unsaturated/α-hetero) is 3. The Morgan fingerprint density at radius 2 is 1.60 bits per heavy atom. The van der Waals surface area contributed by atoms with Gasteiger partial charge < -0.3 is 20.4 Å². The molecule has 0 spiro atoms. The van der Waals surface area contributed by atoms with Crippen LogP contribution in [-0.4, -0.2) is 43.4 Å². The van der Waals surface area contributed by atoms with Crippen LogP contribution in [0.4, 0.5) is 0 Å². The number of allylic oxidation sites excluding steroid dienone is 1. The Balaban J connectivity index is 1.75. The lowest BCUT2D eigenvalue weighted by Crippen LogP contribution is -2.69. The first-order valence-corrected chi connectivity index (χ1v) is 14.6. The molecule has 0 bridgehead atoms. The number of benzene rings is 2. The van der Waals surface area contributed by atoms with Crippen molar-refractivity contribution in [1.29, 1.82) is 0 Å². The Bertz CT molecular complexity index is 1590. The Hall–Kier alpha value is -3.71. The van der Waals surface area contributed by atoms with E-state index in [4.69, 9.17) is 0 Å². The first-order chi connectivity index (χ1) is 19.5. The van der Waals surface area contributed by atoms with Crippen LogP contribution in [0.5, 0.6) is 5.75 Å². The molecule has 2 aromatic rings. The van der Waals surface area contributed by atoms with Crippen LogP contribution < -0.4 is 0 Å². The second-order valence-corrected chi connectivity index (χ2v) is 13.7. The van der Waals surface area contributed by atoms with E-state index < -0.39 is 56.8 Å². The van der Waals surface area contributed by atoms with E-state index in [1.807, 2.05) is 19.1 Å². The molecule has 7 nitrogen and oxygen atoms in total. The van der Waals surface area contributed by atoms with Gasteiger partial charge in [0.25, 0.3) is 0 Å². The summed E-state index contributed by atoms with van der Waals surface area (Å²) in [4.78, 5) is 40.6. The fourth-order valence-corrected chi connectivity index (χ4v) is 8.28. The van der Waals surface area contributed by atoms with E-state index in [1.165, 1.54) is 11.6 Å². The average Bonchev–Trinajstić information content (AvgIpc) is 2.86. The van der Waals surface area contributed by atoms with Gasteiger partial charge in [0.05, 0.1) is 5.56 Å². The van der Waals surface area contributed by atoms with E-state index in [0.717, 1.165) is 24.5 Å². The molecule has 1 fully saturated rings. The van der Waals surface area contributed by atoms with Crippen molar-refractivity contribution in [2.24, 2.45) is 28.6 Å². The topological polar surface area (TPSA) is 132 Å². The van der Waals surface area contributed by atoms with Crippen LogP contribution in [0.2, 0.25) is 0 Å². The van der Waals surface area contributed by atoms with Gasteiger partial charge in [-0.15, -0.1) is 0 Å². The van der Waals surface area contributed by atoms with E-state index in [9.17, 15) is 34.8 Å². The van der Waals surface area contributed by atoms with Gasteiger partial charge in [0, 0.05) is 22.3 Å². The number of hydrogen-bond donors (Lipinski definition) is 4. The van der Waals surface area contributed by atoms with Gasteiger partial charge in [-0.2, -0.15) is 0 Å². The predicted octanol–water partition coefficient (Wildman–Crippen LogP) is 6.06. The van der Waals surface area contributed by atoms with E-state index in [0.29, 0.717) is 11.5 Å². The number of ketones is 3. The summed E-state index contributed by atoms with van der Waals surface area (Å²) in [7, 11) is 0. The van der Waals surface area contributed by atoms with Gasteiger partial charge in [-0.25, -0.2) is 0 Å². The second-order valence-electron chi connectivity index (χ2n) is 13.7. The van der Waals surface area contributed by atoms with Crippen LogP contribution in [0, 0.1) is 28.6 Å². The van der Waals surface area contributed by atoms with Gasteiger partial charge in [0.2, 0.25) is 5.78 Å². The fourth-order valence-electron chi connectivity index (χ4n) is 8.28. The number of aliphatic hydroxyl groups is 3. The van der Waals surface area contributed by atoms with Crippen LogP contribution in [0.25, 0.3) is 16.9 Å². The molecule has 0 aliphatic heterocycles. The highest BCUT2D eigenvalue weighted by Gasteiger charge is 2.72. The molecule has 4 atom stereocenters. The van der Waals surface area contributed by atoms with Crippen molar-refractivity contribution in [3.63, 3.8) is 0 Å². The average molecular weight is 573 g/mol. The summed E-state index contributed by atoms with van der Waals surface area (Å²) in [6.45, 7) is 12.4. The Morgan fingerprint density at radius 3 is 2.14 bits per heavy atom. The molecule has 0 aromatic heterocycles. The third-order valence-electron chi connectivity index (χ3n) is 9.80. The first-order valence-electron chi connectivity index (χ1n) is 14.6. The van der Waals surface area contributed by atoms with Crippen molar-refractivity contribution in [2.75, 3.05) is 0 Å². The van der Waals surface area contributed by atoms with Gasteiger partial charge >= 0.3 is 0 Å². The minimum Gasteiger partial charge on any atom is -0.508 e. The van der Waals surface area contributed by atoms with Gasteiger partial charge in [0.1, 0.15) is 22.8 Å². The van der Waals surface area contributed by atoms with E-state index in [-0.39, 0.29) is 35.6 Å². The lowest BCUT2D eigenvalue weighted by Gasteiger charge is -2.59. The molecule has 2 aromatic carbocycles. The molecule has 0 amide bonds. The maximum atomic E-state index is 14.4. The Labute approximate surface area is 246 Å². The fraction of sp³-hybridized carbons (Fsp3) is 0.457. The quantitative estimate of drug-likeness (QED) is 0.321. The van der Waals surface area contributed by atoms with Crippen molar-refractivity contribution >= 4 is 23.1 Å². The van der Waals surface area contributed by atoms with Gasteiger partial charge in [-0.1, -0.05) is 71.9 Å². The highest BCUT2D eigenvalue weighted by Crippen LogP contribution is 2.65. The minimum absolute atomic E-state index is 0.0628. The molecule has 4 N–H and O–H groups in total. The third kappa shape index (κ3) is 3.93. The van der Waals surface area contributed by atoms with Crippen molar-refractivity contribution in [3.8, 4) is 16.9 Å². The summed E-state index contributed by atoms with van der Waals surface area (Å²) >= 11 is 0. The highest BCUT2D eigenvalue weighted by atomic mass is 16.3. The number of carbonyl (C=O) groups is 3. The molecule has 0 heterocycles. The summed E-state index contributed by atoms with van der Waals surface area (Å²) in [5.74, 6) is -4.74. The first kappa shape index (κ1) is 29.8. The summed E-state index contributed by atoms with van der Waals surface area (Å²) in [6.07, 6.45) is 1.23. The van der Waals surface area contributed by atoms with E-state index >= 15 is 0 Å². The zero-order valence-corrected chi connectivity index (χ0v) is 25.3. The molecule has 0 radical (unpaired) electrons. The molecular weight excluding hydrogens is 532 g/mol. The van der Waals surface area contributed by atoms with Crippen LogP contribution in [0.3, 0.4) is 0 Å². The predicted molar refractivity (Wildman–Crippen MR) is 160 cm³/mol. The zero-order chi connectivity index (χ0) is 31.1. The summed E-state index contributed by atoms with van der Waals surface area (Å²) in [5, 5.41) is 46.1. The lowest BCUT2D eigenvalue weighted by atomic mass is 9.43. The van der Waals surface area contributed by atoms with Gasteiger partial charge in [-0.05, 0) is 66.3 Å². The van der Waals surface area contributed by atoms with Gasteiger partial charge in [0.15, 0.2) is 17.2 Å². The standard InChI is InChI=1S/C35H40O7/c1-17(2)14-20-8-10-21(11-9-20)22-12-13-24(37)26-23(22)15-33(6)16-34(7)27(18(3)4)29(38)25(19(5)36)31(40)35(34,42)32(41)28(33)30(26)39/h8-13,17-18,27,37,39-40,42H,14-16H2,1-7H3/t27?,33-,34-,35+/m1/s1. The summed E-state index contributed by atoms with van der Waals surface area (Å²) in [6, 6.07) is 11.4. The molecular formula is C35H40O7. The van der Waals surface area contributed by atoms with E-state index in [1.54, 1.807) is 26.8 Å². The van der Waals surface area contributed by atoms with Crippen molar-refractivity contribution in [1.82, 2.24) is 0 Å². The third-order valence-corrected chi connectivity index (χ3v) is 9.80. The number of aliphatic hydroxyl groups excluding tert-OH is 2. The van der Waals surface area contributed by atoms with Crippen LogP contribution in [0.15, 0.2) is 53.3 Å². The summed E-state index contributed by atoms with van der Waals surface area (Å²) < 4.78 is 0. The minimum atomic E-state index is -2.61. The lowest BCUT2D eigenvalue weighted by molar-refractivity contribution is -0.178.